The van der Waals surface area contributed by atoms with Crippen LogP contribution in [-0.2, 0) is 0 Å². The second-order valence-electron chi connectivity index (χ2n) is 4.26. The fourth-order valence-electron chi connectivity index (χ4n) is 1.89. The van der Waals surface area contributed by atoms with Crippen molar-refractivity contribution in [1.29, 1.82) is 0 Å². The molecule has 0 atom stereocenters. The average molecular weight is 251 g/mol. The number of hydrogen-bond donors (Lipinski definition) is 2. The number of hydrogen-bond acceptors (Lipinski definition) is 4. The zero-order valence-corrected chi connectivity index (χ0v) is 11.7. The van der Waals surface area contributed by atoms with Gasteiger partial charge in [0.15, 0.2) is 0 Å². The van der Waals surface area contributed by atoms with E-state index >= 15 is 0 Å². The molecule has 0 aliphatic rings. The van der Waals surface area contributed by atoms with Gasteiger partial charge >= 0.3 is 0 Å². The van der Waals surface area contributed by atoms with Gasteiger partial charge < -0.3 is 20.7 Å². The summed E-state index contributed by atoms with van der Waals surface area (Å²) in [6.45, 7) is 8.67. The highest BCUT2D eigenvalue weighted by molar-refractivity contribution is 5.68. The number of ether oxygens (including phenoxy) is 1. The van der Waals surface area contributed by atoms with Gasteiger partial charge in [0, 0.05) is 12.6 Å². The minimum absolute atomic E-state index is 0.734. The number of nitrogen functional groups attached to an aromatic ring is 1. The predicted octanol–water partition coefficient (Wildman–Crippen LogP) is 2.42. The summed E-state index contributed by atoms with van der Waals surface area (Å²) >= 11 is 0. The van der Waals surface area contributed by atoms with Gasteiger partial charge in [-0.15, -0.1) is 0 Å². The SMILES string of the molecule is CCN(CC)CCCNc1ccc(OC)cc1N. The third-order valence-corrected chi connectivity index (χ3v) is 3.12. The molecule has 0 bridgehead atoms. The third-order valence-electron chi connectivity index (χ3n) is 3.12. The van der Waals surface area contributed by atoms with Crippen molar-refractivity contribution in [2.24, 2.45) is 0 Å². The molecule has 1 aromatic rings. The Kier molecular flexibility index (Phi) is 6.36. The third kappa shape index (κ3) is 4.45. The van der Waals surface area contributed by atoms with Crippen molar-refractivity contribution in [3.8, 4) is 5.75 Å². The van der Waals surface area contributed by atoms with Crippen LogP contribution in [0.25, 0.3) is 0 Å². The van der Waals surface area contributed by atoms with Crippen LogP contribution in [0.4, 0.5) is 11.4 Å². The number of nitrogens with two attached hydrogens (primary N) is 1. The lowest BCUT2D eigenvalue weighted by molar-refractivity contribution is 0.303. The lowest BCUT2D eigenvalue weighted by Crippen LogP contribution is -2.25. The molecule has 102 valence electrons. The van der Waals surface area contributed by atoms with Gasteiger partial charge in [0.1, 0.15) is 5.75 Å². The monoisotopic (exact) mass is 251 g/mol. The van der Waals surface area contributed by atoms with Crippen LogP contribution in [0.3, 0.4) is 0 Å². The van der Waals surface area contributed by atoms with Gasteiger partial charge in [0.05, 0.1) is 18.5 Å². The van der Waals surface area contributed by atoms with Gasteiger partial charge in [-0.2, -0.15) is 0 Å². The standard InChI is InChI=1S/C14H25N3O/c1-4-17(5-2)10-6-9-16-14-8-7-12(18-3)11-13(14)15/h7-8,11,16H,4-6,9-10,15H2,1-3H3. The Morgan fingerprint density at radius 2 is 2.00 bits per heavy atom. The largest absolute Gasteiger partial charge is 0.497 e. The van der Waals surface area contributed by atoms with Crippen LogP contribution >= 0.6 is 0 Å². The Labute approximate surface area is 110 Å². The van der Waals surface area contributed by atoms with E-state index in [1.54, 1.807) is 7.11 Å². The molecule has 0 aliphatic carbocycles. The van der Waals surface area contributed by atoms with Crippen LogP contribution in [0.15, 0.2) is 18.2 Å². The first-order chi connectivity index (χ1) is 8.71. The molecule has 0 heterocycles. The summed E-state index contributed by atoms with van der Waals surface area (Å²) in [5.41, 5.74) is 7.65. The lowest BCUT2D eigenvalue weighted by Gasteiger charge is -2.18. The number of benzene rings is 1. The highest BCUT2D eigenvalue weighted by atomic mass is 16.5. The number of rotatable bonds is 8. The maximum atomic E-state index is 5.94. The Morgan fingerprint density at radius 3 is 2.56 bits per heavy atom. The van der Waals surface area contributed by atoms with E-state index in [4.69, 9.17) is 10.5 Å². The number of methoxy groups -OCH3 is 1. The molecule has 0 spiro atoms. The average Bonchev–Trinajstić information content (AvgIpc) is 2.40. The number of anilines is 2. The fourth-order valence-corrected chi connectivity index (χ4v) is 1.89. The second kappa shape index (κ2) is 7.82. The van der Waals surface area contributed by atoms with E-state index in [0.29, 0.717) is 0 Å². The molecular weight excluding hydrogens is 226 g/mol. The molecule has 18 heavy (non-hydrogen) atoms. The predicted molar refractivity (Wildman–Crippen MR) is 78.3 cm³/mol. The molecule has 4 nitrogen and oxygen atoms in total. The van der Waals surface area contributed by atoms with Gasteiger partial charge in [0.2, 0.25) is 0 Å². The first-order valence-electron chi connectivity index (χ1n) is 6.61. The van der Waals surface area contributed by atoms with Gasteiger partial charge in [-0.3, -0.25) is 0 Å². The van der Waals surface area contributed by atoms with Crippen LogP contribution in [0.1, 0.15) is 20.3 Å². The van der Waals surface area contributed by atoms with Crippen molar-refractivity contribution < 1.29 is 4.74 Å². The van der Waals surface area contributed by atoms with Crippen molar-refractivity contribution in [2.75, 3.05) is 44.3 Å². The highest BCUT2D eigenvalue weighted by Crippen LogP contribution is 2.23. The molecule has 0 aliphatic heterocycles. The summed E-state index contributed by atoms with van der Waals surface area (Å²) < 4.78 is 5.12. The lowest BCUT2D eigenvalue weighted by atomic mass is 10.2. The maximum Gasteiger partial charge on any atom is 0.121 e. The van der Waals surface area contributed by atoms with Crippen molar-refractivity contribution in [3.63, 3.8) is 0 Å². The molecule has 0 unspecified atom stereocenters. The first-order valence-corrected chi connectivity index (χ1v) is 6.61. The zero-order chi connectivity index (χ0) is 13.4. The summed E-state index contributed by atoms with van der Waals surface area (Å²) in [7, 11) is 1.64. The summed E-state index contributed by atoms with van der Waals surface area (Å²) in [4.78, 5) is 2.42. The van der Waals surface area contributed by atoms with Crippen molar-refractivity contribution in [1.82, 2.24) is 4.90 Å². The molecule has 0 saturated carbocycles. The summed E-state index contributed by atoms with van der Waals surface area (Å²) in [6.07, 6.45) is 1.12. The first kappa shape index (κ1) is 14.6. The minimum Gasteiger partial charge on any atom is -0.497 e. The van der Waals surface area contributed by atoms with Crippen LogP contribution < -0.4 is 15.8 Å². The van der Waals surface area contributed by atoms with Crippen molar-refractivity contribution in [2.45, 2.75) is 20.3 Å². The molecule has 1 aromatic carbocycles. The summed E-state index contributed by atoms with van der Waals surface area (Å²) in [5, 5.41) is 3.36. The van der Waals surface area contributed by atoms with E-state index in [1.807, 2.05) is 18.2 Å². The Bertz CT molecular complexity index is 351. The van der Waals surface area contributed by atoms with E-state index < -0.39 is 0 Å². The fraction of sp³-hybridized carbons (Fsp3) is 0.571. The Balaban J connectivity index is 2.35. The van der Waals surface area contributed by atoms with Crippen LogP contribution in [-0.4, -0.2) is 38.2 Å². The van der Waals surface area contributed by atoms with E-state index in [2.05, 4.69) is 24.1 Å². The molecule has 0 saturated heterocycles. The van der Waals surface area contributed by atoms with Crippen LogP contribution in [0.5, 0.6) is 5.75 Å². The quantitative estimate of drug-likeness (QED) is 0.550. The summed E-state index contributed by atoms with van der Waals surface area (Å²) in [5.74, 6) is 0.793. The van der Waals surface area contributed by atoms with Gasteiger partial charge in [-0.25, -0.2) is 0 Å². The van der Waals surface area contributed by atoms with Gasteiger partial charge in [0.25, 0.3) is 0 Å². The Morgan fingerprint density at radius 1 is 1.28 bits per heavy atom. The van der Waals surface area contributed by atoms with Gasteiger partial charge in [-0.1, -0.05) is 13.8 Å². The smallest absolute Gasteiger partial charge is 0.121 e. The summed E-state index contributed by atoms with van der Waals surface area (Å²) in [6, 6.07) is 5.72. The normalized spacial score (nSPS) is 10.7. The topological polar surface area (TPSA) is 50.5 Å². The zero-order valence-electron chi connectivity index (χ0n) is 11.7. The van der Waals surface area contributed by atoms with Crippen LogP contribution in [0.2, 0.25) is 0 Å². The molecular formula is C14H25N3O. The second-order valence-corrected chi connectivity index (χ2v) is 4.26. The van der Waals surface area contributed by atoms with Crippen molar-refractivity contribution in [3.05, 3.63) is 18.2 Å². The van der Waals surface area contributed by atoms with E-state index in [9.17, 15) is 0 Å². The molecule has 0 amide bonds. The van der Waals surface area contributed by atoms with E-state index in [0.717, 1.165) is 49.7 Å². The molecule has 4 heteroatoms. The highest BCUT2D eigenvalue weighted by Gasteiger charge is 2.01. The molecule has 3 N–H and O–H groups in total. The molecule has 0 fully saturated rings. The van der Waals surface area contributed by atoms with E-state index in [1.165, 1.54) is 0 Å². The molecule has 0 aromatic heterocycles. The number of nitrogens with zero attached hydrogens (tertiary/aromatic N) is 1. The molecule has 1 rings (SSSR count). The van der Waals surface area contributed by atoms with Crippen molar-refractivity contribution >= 4 is 11.4 Å². The van der Waals surface area contributed by atoms with Gasteiger partial charge in [-0.05, 0) is 38.2 Å². The number of nitrogens with one attached hydrogen (secondary N) is 1. The van der Waals surface area contributed by atoms with E-state index in [-0.39, 0.29) is 0 Å². The minimum atomic E-state index is 0.734. The Hall–Kier alpha value is -1.42. The van der Waals surface area contributed by atoms with Crippen LogP contribution in [0, 0.1) is 0 Å². The maximum absolute atomic E-state index is 5.94. The molecule has 0 radical (unpaired) electrons.